The molecule has 0 aromatic heterocycles. The van der Waals surface area contributed by atoms with E-state index >= 15 is 0 Å². The van der Waals surface area contributed by atoms with Gasteiger partial charge in [0.05, 0.1) is 18.5 Å². The van der Waals surface area contributed by atoms with Gasteiger partial charge in [-0.1, -0.05) is 94.0 Å². The molecule has 226 valence electrons. The molecule has 3 heteroatoms. The molecule has 5 rings (SSSR count). The van der Waals surface area contributed by atoms with Gasteiger partial charge in [-0.05, 0) is 79.7 Å². The number of rotatable bonds is 9. The van der Waals surface area contributed by atoms with Crippen LogP contribution in [0.5, 0.6) is 0 Å². The second-order valence-electron chi connectivity index (χ2n) is 12.1. The Balaban J connectivity index is 0.00000205. The molecule has 3 aliphatic carbocycles. The number of hydrogen-bond acceptors (Lipinski definition) is 1. The molecule has 1 saturated carbocycles. The summed E-state index contributed by atoms with van der Waals surface area (Å²) in [7, 11) is -1.22. The van der Waals surface area contributed by atoms with Crippen LogP contribution in [0.25, 0.3) is 0 Å². The van der Waals surface area contributed by atoms with E-state index in [9.17, 15) is 0 Å². The average Bonchev–Trinajstić information content (AvgIpc) is 2.97. The van der Waals surface area contributed by atoms with Gasteiger partial charge < -0.3 is 26.2 Å². The molecule has 0 spiro atoms. The van der Waals surface area contributed by atoms with E-state index in [1.54, 1.807) is 0 Å². The van der Waals surface area contributed by atoms with E-state index in [4.69, 9.17) is 11.3 Å². The van der Waals surface area contributed by atoms with Gasteiger partial charge in [-0.3, -0.25) is 6.08 Å². The van der Waals surface area contributed by atoms with Gasteiger partial charge in [-0.25, -0.2) is 0 Å². The molecule has 6 atom stereocenters. The normalized spacial score (nSPS) is 25.7. The second-order valence-corrected chi connectivity index (χ2v) is 14.7. The van der Waals surface area contributed by atoms with E-state index in [-0.39, 0.29) is 47.0 Å². The van der Waals surface area contributed by atoms with Crippen molar-refractivity contribution >= 4 is 18.5 Å². The third kappa shape index (κ3) is 8.34. The van der Waals surface area contributed by atoms with Gasteiger partial charge in [0.1, 0.15) is 17.5 Å². The van der Waals surface area contributed by atoms with Crippen molar-refractivity contribution in [3.8, 4) is 0 Å². The maximum atomic E-state index is 7.18. The Morgan fingerprint density at radius 3 is 2.12 bits per heavy atom. The zero-order valence-corrected chi connectivity index (χ0v) is 29.6. The van der Waals surface area contributed by atoms with E-state index in [1.165, 1.54) is 29.0 Å². The van der Waals surface area contributed by atoms with Crippen LogP contribution < -0.4 is 10.6 Å². The second kappa shape index (κ2) is 17.3. The van der Waals surface area contributed by atoms with Crippen molar-refractivity contribution in [3.63, 3.8) is 0 Å². The van der Waals surface area contributed by atoms with Crippen LogP contribution in [-0.2, 0) is 24.8 Å². The Bertz CT molecular complexity index is 1170. The Morgan fingerprint density at radius 2 is 1.52 bits per heavy atom. The summed E-state index contributed by atoms with van der Waals surface area (Å²) in [4.78, 5) is 0. The fourth-order valence-corrected chi connectivity index (χ4v) is 10.5. The molecule has 4 unspecified atom stereocenters. The molecule has 0 aliphatic heterocycles. The standard InChI is InChI=1S/C37H44OP.2CH3.Ir/c1-5-29-16-12-13-21-33(29)37(39(30-17-8-6-9-18-30)31-19-10-7-11-20-31)34-22-14-15-23-35(34)38-36-26-28(4)24-25-32(36)27(2)3;;;/h1,5-13,15-21,23,27-29,32-33,36-37H,14,22,24-26H2,2-4H3;2*1H3;/q3*-1;+3/p+1/t28-,29?,32+,33?,36?,37?;;;/m0.../s1. The molecular weight excluding hydrogens is 708 g/mol. The minimum atomic E-state index is -1.22. The van der Waals surface area contributed by atoms with Crippen LogP contribution in [-0.4, -0.2) is 11.8 Å². The fourth-order valence-electron chi connectivity index (χ4n) is 7.02. The minimum absolute atomic E-state index is 0. The first-order valence-corrected chi connectivity index (χ1v) is 16.6. The molecule has 0 amide bonds. The minimum Gasteiger partial charge on any atom is -0.517 e. The van der Waals surface area contributed by atoms with E-state index in [2.05, 4.69) is 118 Å². The van der Waals surface area contributed by atoms with Crippen molar-refractivity contribution in [1.29, 1.82) is 0 Å². The molecule has 0 saturated heterocycles. The Hall–Kier alpha value is -1.98. The van der Waals surface area contributed by atoms with Gasteiger partial charge in [0, 0.05) is 11.5 Å². The van der Waals surface area contributed by atoms with Crippen molar-refractivity contribution in [2.75, 3.05) is 0 Å². The van der Waals surface area contributed by atoms with Gasteiger partial charge in [0.25, 0.3) is 0 Å². The van der Waals surface area contributed by atoms with Crippen LogP contribution in [0.3, 0.4) is 0 Å². The predicted molar refractivity (Wildman–Crippen MR) is 183 cm³/mol. The third-order valence-electron chi connectivity index (χ3n) is 9.09. The molecule has 0 heterocycles. The Labute approximate surface area is 272 Å². The molecule has 0 bridgehead atoms. The summed E-state index contributed by atoms with van der Waals surface area (Å²) in [5.41, 5.74) is 1.82. The summed E-state index contributed by atoms with van der Waals surface area (Å²) in [6.07, 6.45) is 21.7. The molecule has 1 fully saturated rings. The van der Waals surface area contributed by atoms with Crippen LogP contribution >= 0.6 is 7.92 Å². The molecule has 42 heavy (non-hydrogen) atoms. The van der Waals surface area contributed by atoms with Crippen LogP contribution in [0.15, 0.2) is 115 Å². The maximum Gasteiger partial charge on any atom is 3.00 e. The van der Waals surface area contributed by atoms with E-state index in [1.807, 2.05) is 6.08 Å². The van der Waals surface area contributed by atoms with Crippen molar-refractivity contribution in [1.82, 2.24) is 0 Å². The number of ether oxygens (including phenoxy) is 1. The summed E-state index contributed by atoms with van der Waals surface area (Å²) in [6, 6.07) is 22.4. The topological polar surface area (TPSA) is 9.23 Å². The van der Waals surface area contributed by atoms with Crippen LogP contribution in [0.1, 0.15) is 52.9 Å². The molecular formula is C39H51IrOP+. The van der Waals surface area contributed by atoms with Crippen molar-refractivity contribution < 1.29 is 24.8 Å². The van der Waals surface area contributed by atoms with Crippen LogP contribution in [0.4, 0.5) is 0 Å². The maximum absolute atomic E-state index is 7.18. The number of hydrogen-bond donors (Lipinski definition) is 0. The third-order valence-corrected chi connectivity index (χ3v) is 12.4. The fraction of sp³-hybridized carbons (Fsp3) is 0.385. The number of benzene rings is 2. The van der Waals surface area contributed by atoms with Crippen molar-refractivity contribution in [2.24, 2.45) is 29.6 Å². The van der Waals surface area contributed by atoms with Gasteiger partial charge in [0.15, 0.2) is 0 Å². The molecule has 2 aromatic rings. The summed E-state index contributed by atoms with van der Waals surface area (Å²) in [5, 5.41) is 2.90. The van der Waals surface area contributed by atoms with Crippen LogP contribution in [0.2, 0.25) is 0 Å². The summed E-state index contributed by atoms with van der Waals surface area (Å²) in [5.74, 6) is 3.59. The SMILES string of the molecule is [CH-]=CC1C=CC=CC1C(C1=C(OC2C[C@@H](C)CC[C@@H]2C(C)C)C=CCC1)[PH+](c1ccccc1)c1ccccc1.[CH3-].[CH3-].[Ir+3]. The zero-order chi connectivity index (χ0) is 27.2. The molecule has 3 aliphatic rings. The van der Waals surface area contributed by atoms with Crippen molar-refractivity contribution in [2.45, 2.75) is 64.6 Å². The quantitative estimate of drug-likeness (QED) is 0.183. The molecule has 0 radical (unpaired) electrons. The largest absolute Gasteiger partial charge is 3.00 e. The summed E-state index contributed by atoms with van der Waals surface area (Å²) >= 11 is 0. The van der Waals surface area contributed by atoms with Crippen LogP contribution in [0, 0.1) is 51.0 Å². The van der Waals surface area contributed by atoms with Gasteiger partial charge in [-0.2, -0.15) is 0 Å². The van der Waals surface area contributed by atoms with Gasteiger partial charge in [0.2, 0.25) is 0 Å². The number of allylic oxidation sites excluding steroid dienone is 8. The van der Waals surface area contributed by atoms with E-state index < -0.39 is 7.92 Å². The van der Waals surface area contributed by atoms with Gasteiger partial charge >= 0.3 is 20.1 Å². The smallest absolute Gasteiger partial charge is 0.517 e. The first-order chi connectivity index (χ1) is 19.1. The van der Waals surface area contributed by atoms with E-state index in [0.717, 1.165) is 25.0 Å². The zero-order valence-electron chi connectivity index (χ0n) is 26.2. The summed E-state index contributed by atoms with van der Waals surface area (Å²) < 4.78 is 7.18. The summed E-state index contributed by atoms with van der Waals surface area (Å²) in [6.45, 7) is 13.5. The predicted octanol–water partition coefficient (Wildman–Crippen LogP) is 9.55. The first kappa shape index (κ1) is 36.2. The van der Waals surface area contributed by atoms with Gasteiger partial charge in [-0.15, -0.1) is 0 Å². The monoisotopic (exact) mass is 759 g/mol. The Morgan fingerprint density at radius 1 is 0.905 bits per heavy atom. The van der Waals surface area contributed by atoms with E-state index in [0.29, 0.717) is 29.3 Å². The van der Waals surface area contributed by atoms with Crippen molar-refractivity contribution in [3.05, 3.63) is 136 Å². The Kier molecular flexibility index (Phi) is 15.0. The first-order valence-electron chi connectivity index (χ1n) is 15.0. The molecule has 2 aromatic carbocycles. The average molecular weight is 759 g/mol. The molecule has 0 N–H and O–H groups in total. The molecule has 1 nitrogen and oxygen atoms in total.